The van der Waals surface area contributed by atoms with Gasteiger partial charge in [-0.05, 0) is 47.6 Å². The lowest BCUT2D eigenvalue weighted by atomic mass is 9.68. The molecule has 0 fully saturated rings. The van der Waals surface area contributed by atoms with Crippen molar-refractivity contribution in [1.82, 2.24) is 0 Å². The SMILES string of the molecule is CCCOc1ccc([C@@H]2C3=C(CC(C)(C)CC3=O)Nc3cc4c(cc32)OCO4)cc1. The van der Waals surface area contributed by atoms with Crippen LogP contribution in [0.15, 0.2) is 47.7 Å². The highest BCUT2D eigenvalue weighted by atomic mass is 16.7. The average molecular weight is 405 g/mol. The molecule has 0 spiro atoms. The van der Waals surface area contributed by atoms with Gasteiger partial charge < -0.3 is 19.5 Å². The number of Topliss-reactive ketones (excluding diaryl/α,β-unsaturated/α-hetero) is 1. The molecule has 5 rings (SSSR count). The van der Waals surface area contributed by atoms with E-state index >= 15 is 0 Å². The summed E-state index contributed by atoms with van der Waals surface area (Å²) in [5.41, 5.74) is 4.97. The predicted molar refractivity (Wildman–Crippen MR) is 115 cm³/mol. The van der Waals surface area contributed by atoms with Gasteiger partial charge in [0.1, 0.15) is 5.75 Å². The summed E-state index contributed by atoms with van der Waals surface area (Å²) >= 11 is 0. The summed E-state index contributed by atoms with van der Waals surface area (Å²) in [4.78, 5) is 13.3. The minimum Gasteiger partial charge on any atom is -0.494 e. The number of hydrogen-bond donors (Lipinski definition) is 1. The van der Waals surface area contributed by atoms with Gasteiger partial charge in [0.05, 0.1) is 6.61 Å². The first-order chi connectivity index (χ1) is 14.4. The van der Waals surface area contributed by atoms with E-state index in [1.54, 1.807) is 0 Å². The third kappa shape index (κ3) is 3.22. The number of ketones is 1. The van der Waals surface area contributed by atoms with Crippen LogP contribution in [-0.4, -0.2) is 19.2 Å². The quantitative estimate of drug-likeness (QED) is 0.738. The maximum absolute atomic E-state index is 13.3. The lowest BCUT2D eigenvalue weighted by Crippen LogP contribution is -2.33. The van der Waals surface area contributed by atoms with E-state index in [1.165, 1.54) is 0 Å². The molecule has 2 heterocycles. The van der Waals surface area contributed by atoms with E-state index in [2.05, 4.69) is 38.2 Å². The molecular formula is C25H27NO4. The van der Waals surface area contributed by atoms with E-state index < -0.39 is 0 Å². The van der Waals surface area contributed by atoms with Crippen LogP contribution in [-0.2, 0) is 4.79 Å². The van der Waals surface area contributed by atoms with E-state index in [1.807, 2.05) is 24.3 Å². The van der Waals surface area contributed by atoms with Gasteiger partial charge in [-0.3, -0.25) is 4.79 Å². The van der Waals surface area contributed by atoms with Crippen molar-refractivity contribution < 1.29 is 19.0 Å². The molecule has 5 heteroatoms. The van der Waals surface area contributed by atoms with E-state index in [-0.39, 0.29) is 23.9 Å². The molecule has 2 aliphatic heterocycles. The first kappa shape index (κ1) is 19.0. The topological polar surface area (TPSA) is 56.8 Å². The van der Waals surface area contributed by atoms with Gasteiger partial charge in [0.15, 0.2) is 17.3 Å². The molecule has 30 heavy (non-hydrogen) atoms. The smallest absolute Gasteiger partial charge is 0.231 e. The Morgan fingerprint density at radius 2 is 1.83 bits per heavy atom. The minimum atomic E-state index is -0.130. The largest absolute Gasteiger partial charge is 0.494 e. The van der Waals surface area contributed by atoms with Crippen molar-refractivity contribution in [3.05, 3.63) is 58.8 Å². The van der Waals surface area contributed by atoms with Crippen LogP contribution >= 0.6 is 0 Å². The van der Waals surface area contributed by atoms with Crippen LogP contribution in [0.3, 0.4) is 0 Å². The van der Waals surface area contributed by atoms with Gasteiger partial charge in [-0.1, -0.05) is 32.9 Å². The monoisotopic (exact) mass is 405 g/mol. The molecule has 0 unspecified atom stereocenters. The number of carbonyl (C=O) groups excluding carboxylic acids is 1. The van der Waals surface area contributed by atoms with Crippen molar-refractivity contribution >= 4 is 11.5 Å². The Morgan fingerprint density at radius 3 is 2.57 bits per heavy atom. The number of ether oxygens (including phenoxy) is 3. The molecule has 1 aliphatic carbocycles. The zero-order valence-electron chi connectivity index (χ0n) is 17.7. The first-order valence-corrected chi connectivity index (χ1v) is 10.6. The molecular weight excluding hydrogens is 378 g/mol. The van der Waals surface area contributed by atoms with Crippen molar-refractivity contribution in [2.75, 3.05) is 18.7 Å². The van der Waals surface area contributed by atoms with Gasteiger partial charge in [-0.2, -0.15) is 0 Å². The third-order valence-electron chi connectivity index (χ3n) is 6.04. The maximum Gasteiger partial charge on any atom is 0.231 e. The van der Waals surface area contributed by atoms with Crippen molar-refractivity contribution in [1.29, 1.82) is 0 Å². The van der Waals surface area contributed by atoms with Gasteiger partial charge in [-0.15, -0.1) is 0 Å². The Kier molecular flexibility index (Phi) is 4.49. The van der Waals surface area contributed by atoms with Crippen LogP contribution in [0.4, 0.5) is 5.69 Å². The van der Waals surface area contributed by atoms with Crippen molar-refractivity contribution in [3.63, 3.8) is 0 Å². The van der Waals surface area contributed by atoms with Crippen LogP contribution in [0.1, 0.15) is 57.1 Å². The van der Waals surface area contributed by atoms with Crippen LogP contribution in [0.25, 0.3) is 0 Å². The standard InChI is InChI=1S/C25H27NO4/c1-4-9-28-16-7-5-15(6-8-16)23-17-10-21-22(30-14-29-21)11-18(17)26-19-12-25(2,3)13-20(27)24(19)23/h5-8,10-11,23,26H,4,9,12-14H2,1-3H3/t23-/m0/s1. The summed E-state index contributed by atoms with van der Waals surface area (Å²) in [6.07, 6.45) is 2.37. The normalized spacial score (nSPS) is 21.0. The molecule has 1 N–H and O–H groups in total. The fourth-order valence-corrected chi connectivity index (χ4v) is 4.73. The van der Waals surface area contributed by atoms with Gasteiger partial charge in [-0.25, -0.2) is 0 Å². The Hall–Kier alpha value is -2.95. The van der Waals surface area contributed by atoms with E-state index in [9.17, 15) is 4.79 Å². The van der Waals surface area contributed by atoms with Crippen LogP contribution in [0.2, 0.25) is 0 Å². The molecule has 2 aromatic rings. The summed E-state index contributed by atoms with van der Waals surface area (Å²) in [7, 11) is 0. The Labute approximate surface area is 177 Å². The molecule has 0 amide bonds. The summed E-state index contributed by atoms with van der Waals surface area (Å²) in [5.74, 6) is 2.42. The summed E-state index contributed by atoms with van der Waals surface area (Å²) in [6.45, 7) is 7.32. The van der Waals surface area contributed by atoms with Crippen LogP contribution in [0.5, 0.6) is 17.2 Å². The highest BCUT2D eigenvalue weighted by molar-refractivity contribution is 6.01. The van der Waals surface area contributed by atoms with Crippen molar-refractivity contribution in [2.24, 2.45) is 5.41 Å². The molecule has 2 aromatic carbocycles. The number of allylic oxidation sites excluding steroid dienone is 2. The number of benzene rings is 2. The van der Waals surface area contributed by atoms with E-state index in [4.69, 9.17) is 14.2 Å². The predicted octanol–water partition coefficient (Wildman–Crippen LogP) is 5.40. The van der Waals surface area contributed by atoms with Gasteiger partial charge in [0.2, 0.25) is 6.79 Å². The lowest BCUT2D eigenvalue weighted by molar-refractivity contribution is -0.118. The minimum absolute atomic E-state index is 0.0564. The summed E-state index contributed by atoms with van der Waals surface area (Å²) in [5, 5.41) is 3.55. The number of fused-ring (bicyclic) bond motifs is 2. The number of carbonyl (C=O) groups is 1. The average Bonchev–Trinajstić information content (AvgIpc) is 3.16. The molecule has 5 nitrogen and oxygen atoms in total. The molecule has 0 radical (unpaired) electrons. The fraction of sp³-hybridized carbons (Fsp3) is 0.400. The zero-order valence-corrected chi connectivity index (χ0v) is 17.7. The molecule has 0 bridgehead atoms. The molecule has 0 aromatic heterocycles. The van der Waals surface area contributed by atoms with E-state index in [0.29, 0.717) is 13.0 Å². The van der Waals surface area contributed by atoms with Gasteiger partial charge in [0.25, 0.3) is 0 Å². The molecule has 156 valence electrons. The highest BCUT2D eigenvalue weighted by Gasteiger charge is 2.41. The maximum atomic E-state index is 13.3. The third-order valence-corrected chi connectivity index (χ3v) is 6.04. The second-order valence-electron chi connectivity index (χ2n) is 9.10. The molecule has 0 saturated carbocycles. The zero-order chi connectivity index (χ0) is 20.9. The number of rotatable bonds is 4. The lowest BCUT2D eigenvalue weighted by Gasteiger charge is -2.39. The van der Waals surface area contributed by atoms with E-state index in [0.717, 1.165) is 58.2 Å². The van der Waals surface area contributed by atoms with Crippen LogP contribution < -0.4 is 19.5 Å². The second kappa shape index (κ2) is 7.08. The molecule has 1 atom stereocenters. The van der Waals surface area contributed by atoms with Crippen molar-refractivity contribution in [3.8, 4) is 17.2 Å². The van der Waals surface area contributed by atoms with Crippen molar-refractivity contribution in [2.45, 2.75) is 46.0 Å². The second-order valence-corrected chi connectivity index (χ2v) is 9.10. The number of hydrogen-bond acceptors (Lipinski definition) is 5. The van der Waals surface area contributed by atoms with Gasteiger partial charge >= 0.3 is 0 Å². The Balaban J connectivity index is 1.62. The molecule has 3 aliphatic rings. The van der Waals surface area contributed by atoms with Gasteiger partial charge in [0, 0.05) is 35.4 Å². The first-order valence-electron chi connectivity index (χ1n) is 10.6. The Bertz CT molecular complexity index is 1040. The number of anilines is 1. The summed E-state index contributed by atoms with van der Waals surface area (Å²) in [6, 6.07) is 12.2. The summed E-state index contributed by atoms with van der Waals surface area (Å²) < 4.78 is 17.0. The Morgan fingerprint density at radius 1 is 1.10 bits per heavy atom. The number of nitrogens with one attached hydrogen (secondary N) is 1. The fourth-order valence-electron chi connectivity index (χ4n) is 4.73. The van der Waals surface area contributed by atoms with Crippen LogP contribution in [0, 0.1) is 5.41 Å². The molecule has 0 saturated heterocycles. The highest BCUT2D eigenvalue weighted by Crippen LogP contribution is 2.51.